The second kappa shape index (κ2) is 4.84. The van der Waals surface area contributed by atoms with Gasteiger partial charge in [-0.1, -0.05) is 23.9 Å². The van der Waals surface area contributed by atoms with Crippen molar-refractivity contribution in [3.8, 4) is 0 Å². The molecule has 0 saturated heterocycles. The Hall–Kier alpha value is -1.07. The lowest BCUT2D eigenvalue weighted by Gasteiger charge is -2.05. The highest BCUT2D eigenvalue weighted by Crippen LogP contribution is 2.31. The second-order valence-electron chi connectivity index (χ2n) is 3.23. The molecule has 0 amide bonds. The maximum absolute atomic E-state index is 11.3. The topological polar surface area (TPSA) is 39.2 Å². The molecule has 0 aliphatic carbocycles. The first-order valence-corrected chi connectivity index (χ1v) is 6.50. The third-order valence-corrected chi connectivity index (χ3v) is 4.29. The first kappa shape index (κ1) is 11.4. The molecule has 0 aliphatic heterocycles. The maximum atomic E-state index is 11.3. The summed E-state index contributed by atoms with van der Waals surface area (Å²) in [5.41, 5.74) is 0.979. The highest BCUT2D eigenvalue weighted by Gasteiger charge is 2.16. The highest BCUT2D eigenvalue weighted by molar-refractivity contribution is 8.02. The summed E-state index contributed by atoms with van der Waals surface area (Å²) in [4.78, 5) is 15.7. The Morgan fingerprint density at radius 2 is 2.25 bits per heavy atom. The van der Waals surface area contributed by atoms with Gasteiger partial charge in [-0.25, -0.2) is 4.98 Å². The molecular weight excluding hydrogens is 242 g/mol. The summed E-state index contributed by atoms with van der Waals surface area (Å²) in [7, 11) is 1.40. The van der Waals surface area contributed by atoms with Crippen LogP contribution in [-0.2, 0) is 9.53 Å². The molecule has 1 aromatic heterocycles. The Labute approximate surface area is 102 Å². The number of nitrogens with zero attached hydrogens (tertiary/aromatic N) is 1. The summed E-state index contributed by atoms with van der Waals surface area (Å²) in [5, 5.41) is -0.217. The summed E-state index contributed by atoms with van der Waals surface area (Å²) in [6, 6.07) is 7.94. The van der Waals surface area contributed by atoms with Gasteiger partial charge in [-0.2, -0.15) is 0 Å². The van der Waals surface area contributed by atoms with Gasteiger partial charge < -0.3 is 4.74 Å². The van der Waals surface area contributed by atoms with Crippen LogP contribution in [0, 0.1) is 0 Å². The smallest absolute Gasteiger partial charge is 0.318 e. The molecule has 0 fully saturated rings. The first-order valence-electron chi connectivity index (χ1n) is 4.81. The number of thiazole rings is 1. The molecule has 3 nitrogen and oxygen atoms in total. The number of thioether (sulfide) groups is 1. The van der Waals surface area contributed by atoms with Crippen molar-refractivity contribution in [3.05, 3.63) is 24.3 Å². The van der Waals surface area contributed by atoms with Crippen LogP contribution in [0.4, 0.5) is 0 Å². The SMILES string of the molecule is COC(=O)C(C)Sc1nc2ccccc2s1. The monoisotopic (exact) mass is 253 g/mol. The molecule has 1 aromatic carbocycles. The number of rotatable bonds is 3. The largest absolute Gasteiger partial charge is 0.468 e. The van der Waals surface area contributed by atoms with E-state index >= 15 is 0 Å². The molecule has 2 aromatic rings. The summed E-state index contributed by atoms with van der Waals surface area (Å²) in [6.07, 6.45) is 0. The van der Waals surface area contributed by atoms with Gasteiger partial charge in [-0.05, 0) is 19.1 Å². The predicted octanol–water partition coefficient (Wildman–Crippen LogP) is 2.95. The van der Waals surface area contributed by atoms with E-state index in [1.54, 1.807) is 11.3 Å². The van der Waals surface area contributed by atoms with Gasteiger partial charge in [0.2, 0.25) is 0 Å². The lowest BCUT2D eigenvalue weighted by molar-refractivity contribution is -0.139. The summed E-state index contributed by atoms with van der Waals surface area (Å²) in [6.45, 7) is 1.82. The van der Waals surface area contributed by atoms with Crippen LogP contribution in [0.25, 0.3) is 10.2 Å². The lowest BCUT2D eigenvalue weighted by atomic mass is 10.3. The average molecular weight is 253 g/mol. The maximum Gasteiger partial charge on any atom is 0.318 e. The van der Waals surface area contributed by atoms with E-state index in [1.165, 1.54) is 18.9 Å². The predicted molar refractivity (Wildman–Crippen MR) is 67.0 cm³/mol. The number of esters is 1. The van der Waals surface area contributed by atoms with Crippen molar-refractivity contribution in [1.82, 2.24) is 4.98 Å². The van der Waals surface area contributed by atoms with Crippen LogP contribution in [0.3, 0.4) is 0 Å². The highest BCUT2D eigenvalue weighted by atomic mass is 32.2. The first-order chi connectivity index (χ1) is 7.70. The molecule has 0 N–H and O–H groups in total. The molecule has 1 heterocycles. The Morgan fingerprint density at radius 3 is 2.94 bits per heavy atom. The van der Waals surface area contributed by atoms with E-state index < -0.39 is 0 Å². The van der Waals surface area contributed by atoms with Crippen molar-refractivity contribution in [2.24, 2.45) is 0 Å². The fourth-order valence-corrected chi connectivity index (χ4v) is 3.50. The van der Waals surface area contributed by atoms with Gasteiger partial charge >= 0.3 is 5.97 Å². The van der Waals surface area contributed by atoms with E-state index in [9.17, 15) is 4.79 Å². The number of carbonyl (C=O) groups is 1. The van der Waals surface area contributed by atoms with Crippen LogP contribution in [0.15, 0.2) is 28.6 Å². The summed E-state index contributed by atoms with van der Waals surface area (Å²) in [5.74, 6) is -0.218. The standard InChI is InChI=1S/C11H11NO2S2/c1-7(10(13)14-2)15-11-12-8-5-3-4-6-9(8)16-11/h3-7H,1-2H3. The summed E-state index contributed by atoms with van der Waals surface area (Å²) >= 11 is 3.03. The number of hydrogen-bond acceptors (Lipinski definition) is 5. The molecular formula is C11H11NO2S2. The van der Waals surface area contributed by atoms with Crippen LogP contribution in [0.1, 0.15) is 6.92 Å². The quantitative estimate of drug-likeness (QED) is 0.623. The van der Waals surface area contributed by atoms with Crippen LogP contribution in [0.5, 0.6) is 0 Å². The molecule has 84 valence electrons. The van der Waals surface area contributed by atoms with Gasteiger partial charge in [-0.3, -0.25) is 4.79 Å². The normalized spacial score (nSPS) is 12.6. The molecule has 1 unspecified atom stereocenters. The fraction of sp³-hybridized carbons (Fsp3) is 0.273. The van der Waals surface area contributed by atoms with Crippen molar-refractivity contribution in [1.29, 1.82) is 0 Å². The van der Waals surface area contributed by atoms with Crippen LogP contribution < -0.4 is 0 Å². The number of fused-ring (bicyclic) bond motifs is 1. The lowest BCUT2D eigenvalue weighted by Crippen LogP contribution is -2.14. The van der Waals surface area contributed by atoms with Gasteiger partial charge in [-0.15, -0.1) is 11.3 Å². The number of para-hydroxylation sites is 1. The third-order valence-electron chi connectivity index (χ3n) is 2.08. The van der Waals surface area contributed by atoms with Crippen LogP contribution >= 0.6 is 23.1 Å². The minimum absolute atomic E-state index is 0.217. The van der Waals surface area contributed by atoms with Crippen molar-refractivity contribution in [2.75, 3.05) is 7.11 Å². The fourth-order valence-electron chi connectivity index (χ4n) is 1.27. The van der Waals surface area contributed by atoms with Gasteiger partial charge in [0.05, 0.1) is 17.3 Å². The average Bonchev–Trinajstić information content (AvgIpc) is 2.69. The van der Waals surface area contributed by atoms with E-state index in [1.807, 2.05) is 31.2 Å². The number of benzene rings is 1. The minimum Gasteiger partial charge on any atom is -0.468 e. The number of hydrogen-bond donors (Lipinski definition) is 0. The zero-order valence-corrected chi connectivity index (χ0v) is 10.6. The zero-order valence-electron chi connectivity index (χ0n) is 8.97. The molecule has 0 radical (unpaired) electrons. The molecule has 5 heteroatoms. The van der Waals surface area contributed by atoms with Gasteiger partial charge in [0.15, 0.2) is 4.34 Å². The number of carbonyl (C=O) groups excluding carboxylic acids is 1. The van der Waals surface area contributed by atoms with E-state index in [0.29, 0.717) is 0 Å². The third kappa shape index (κ3) is 2.36. The Kier molecular flexibility index (Phi) is 3.46. The van der Waals surface area contributed by atoms with Crippen molar-refractivity contribution >= 4 is 39.3 Å². The molecule has 0 aliphatic rings. The Bertz CT molecular complexity index is 476. The molecule has 0 bridgehead atoms. The van der Waals surface area contributed by atoms with E-state index in [0.717, 1.165) is 14.6 Å². The van der Waals surface area contributed by atoms with Crippen molar-refractivity contribution in [2.45, 2.75) is 16.5 Å². The van der Waals surface area contributed by atoms with E-state index in [-0.39, 0.29) is 11.2 Å². The molecule has 16 heavy (non-hydrogen) atoms. The number of methoxy groups -OCH3 is 1. The second-order valence-corrected chi connectivity index (χ2v) is 5.85. The minimum atomic E-state index is -0.218. The zero-order chi connectivity index (χ0) is 11.5. The van der Waals surface area contributed by atoms with Gasteiger partial charge in [0.1, 0.15) is 5.25 Å². The number of ether oxygens (including phenoxy) is 1. The van der Waals surface area contributed by atoms with Crippen LogP contribution in [-0.4, -0.2) is 23.3 Å². The Morgan fingerprint density at radius 1 is 1.50 bits per heavy atom. The van der Waals surface area contributed by atoms with Gasteiger partial charge in [0, 0.05) is 0 Å². The van der Waals surface area contributed by atoms with Crippen molar-refractivity contribution in [3.63, 3.8) is 0 Å². The Balaban J connectivity index is 2.18. The van der Waals surface area contributed by atoms with E-state index in [4.69, 9.17) is 0 Å². The summed E-state index contributed by atoms with van der Waals surface area (Å²) < 4.78 is 6.72. The molecule has 2 rings (SSSR count). The number of aromatic nitrogens is 1. The van der Waals surface area contributed by atoms with Crippen molar-refractivity contribution < 1.29 is 9.53 Å². The van der Waals surface area contributed by atoms with Gasteiger partial charge in [0.25, 0.3) is 0 Å². The van der Waals surface area contributed by atoms with Crippen LogP contribution in [0.2, 0.25) is 0 Å². The molecule has 0 spiro atoms. The van der Waals surface area contributed by atoms with E-state index in [2.05, 4.69) is 9.72 Å². The molecule has 0 saturated carbocycles. The molecule has 1 atom stereocenters.